The van der Waals surface area contributed by atoms with E-state index in [1.165, 1.54) is 11.1 Å². The van der Waals surface area contributed by atoms with E-state index >= 15 is 0 Å². The van der Waals surface area contributed by atoms with E-state index < -0.39 is 0 Å². The van der Waals surface area contributed by atoms with Crippen LogP contribution in [0, 0.1) is 0 Å². The molecule has 2 aliphatic rings. The third kappa shape index (κ3) is 4.71. The summed E-state index contributed by atoms with van der Waals surface area (Å²) in [5, 5.41) is 3.43. The van der Waals surface area contributed by atoms with Crippen LogP contribution < -0.4 is 19.7 Å². The molecule has 8 nitrogen and oxygen atoms in total. The standard InChI is InChI=1S/C21H29N5O3/c1-27-18-11-16-3-5-26(14-17(16)12-19(18)28-2)21-13-20(23-15-24-21)22-4-6-25-7-9-29-10-8-25/h11-13,15H,3-10,14H2,1-2H3,(H,22,23,24). The highest BCUT2D eigenvalue weighted by molar-refractivity contribution is 5.54. The van der Waals surface area contributed by atoms with Gasteiger partial charge in [-0.25, -0.2) is 9.97 Å². The second kappa shape index (κ2) is 9.28. The number of methoxy groups -OCH3 is 2. The maximum absolute atomic E-state index is 5.47. The Balaban J connectivity index is 1.39. The molecule has 156 valence electrons. The molecule has 8 heteroatoms. The zero-order chi connectivity index (χ0) is 20.1. The third-order valence-electron chi connectivity index (χ3n) is 5.53. The molecule has 0 bridgehead atoms. The van der Waals surface area contributed by atoms with Crippen LogP contribution in [0.3, 0.4) is 0 Å². The fourth-order valence-corrected chi connectivity index (χ4v) is 3.86. The number of anilines is 2. The average molecular weight is 399 g/mol. The summed E-state index contributed by atoms with van der Waals surface area (Å²) in [5.41, 5.74) is 2.55. The van der Waals surface area contributed by atoms with E-state index in [0.29, 0.717) is 0 Å². The molecule has 1 saturated heterocycles. The first-order valence-corrected chi connectivity index (χ1v) is 10.1. The average Bonchev–Trinajstić information content (AvgIpc) is 2.78. The smallest absolute Gasteiger partial charge is 0.161 e. The van der Waals surface area contributed by atoms with Gasteiger partial charge in [0.2, 0.25) is 0 Å². The summed E-state index contributed by atoms with van der Waals surface area (Å²) in [7, 11) is 3.35. The third-order valence-corrected chi connectivity index (χ3v) is 5.53. The van der Waals surface area contributed by atoms with Crippen LogP contribution in [-0.2, 0) is 17.7 Å². The van der Waals surface area contributed by atoms with Crippen molar-refractivity contribution in [3.63, 3.8) is 0 Å². The number of ether oxygens (including phenoxy) is 3. The zero-order valence-electron chi connectivity index (χ0n) is 17.2. The molecular weight excluding hydrogens is 370 g/mol. The Morgan fingerprint density at radius 1 is 1.00 bits per heavy atom. The molecule has 0 spiro atoms. The normalized spacial score (nSPS) is 17.0. The van der Waals surface area contributed by atoms with Crippen molar-refractivity contribution in [2.75, 3.05) is 70.4 Å². The Morgan fingerprint density at radius 2 is 1.76 bits per heavy atom. The number of nitrogens with one attached hydrogen (secondary N) is 1. The number of morpholine rings is 1. The molecule has 0 aliphatic carbocycles. The lowest BCUT2D eigenvalue weighted by molar-refractivity contribution is 0.0398. The van der Waals surface area contributed by atoms with Gasteiger partial charge in [0, 0.05) is 45.3 Å². The molecule has 2 aromatic rings. The van der Waals surface area contributed by atoms with Gasteiger partial charge in [0.15, 0.2) is 11.5 Å². The van der Waals surface area contributed by atoms with E-state index in [2.05, 4.69) is 37.2 Å². The molecule has 0 unspecified atom stereocenters. The summed E-state index contributed by atoms with van der Waals surface area (Å²) < 4.78 is 16.3. The van der Waals surface area contributed by atoms with E-state index in [9.17, 15) is 0 Å². The summed E-state index contributed by atoms with van der Waals surface area (Å²) in [6.45, 7) is 7.19. The molecule has 1 fully saturated rings. The first kappa shape index (κ1) is 19.7. The molecule has 4 rings (SSSR count). The quantitative estimate of drug-likeness (QED) is 0.756. The van der Waals surface area contributed by atoms with Gasteiger partial charge in [-0.2, -0.15) is 0 Å². The number of rotatable bonds is 7. The minimum Gasteiger partial charge on any atom is -0.493 e. The summed E-state index contributed by atoms with van der Waals surface area (Å²) in [6, 6.07) is 6.19. The van der Waals surface area contributed by atoms with Crippen molar-refractivity contribution in [2.45, 2.75) is 13.0 Å². The molecule has 0 radical (unpaired) electrons. The summed E-state index contributed by atoms with van der Waals surface area (Å²) >= 11 is 0. The molecule has 0 atom stereocenters. The van der Waals surface area contributed by atoms with Gasteiger partial charge in [-0.3, -0.25) is 4.90 Å². The lowest BCUT2D eigenvalue weighted by Crippen LogP contribution is -2.39. The molecule has 1 N–H and O–H groups in total. The van der Waals surface area contributed by atoms with Crippen LogP contribution in [0.1, 0.15) is 11.1 Å². The Morgan fingerprint density at radius 3 is 2.52 bits per heavy atom. The minimum atomic E-state index is 0.765. The lowest BCUT2D eigenvalue weighted by Gasteiger charge is -2.30. The largest absolute Gasteiger partial charge is 0.493 e. The number of hydrogen-bond donors (Lipinski definition) is 1. The van der Waals surface area contributed by atoms with Crippen molar-refractivity contribution in [1.82, 2.24) is 14.9 Å². The van der Waals surface area contributed by atoms with Gasteiger partial charge >= 0.3 is 0 Å². The van der Waals surface area contributed by atoms with Gasteiger partial charge in [0.05, 0.1) is 27.4 Å². The molecule has 1 aromatic carbocycles. The van der Waals surface area contributed by atoms with Gasteiger partial charge in [0.25, 0.3) is 0 Å². The maximum Gasteiger partial charge on any atom is 0.161 e. The van der Waals surface area contributed by atoms with Gasteiger partial charge in [-0.05, 0) is 29.7 Å². The van der Waals surface area contributed by atoms with Crippen LogP contribution in [0.2, 0.25) is 0 Å². The number of fused-ring (bicyclic) bond motifs is 1. The molecule has 29 heavy (non-hydrogen) atoms. The highest BCUT2D eigenvalue weighted by atomic mass is 16.5. The second-order valence-electron chi connectivity index (χ2n) is 7.29. The highest BCUT2D eigenvalue weighted by Crippen LogP contribution is 2.34. The number of nitrogens with zero attached hydrogens (tertiary/aromatic N) is 4. The van der Waals surface area contributed by atoms with Crippen LogP contribution in [0.5, 0.6) is 11.5 Å². The summed E-state index contributed by atoms with van der Waals surface area (Å²) in [6.07, 6.45) is 2.58. The van der Waals surface area contributed by atoms with Crippen molar-refractivity contribution in [2.24, 2.45) is 0 Å². The number of aromatic nitrogens is 2. The van der Waals surface area contributed by atoms with E-state index in [1.807, 2.05) is 6.07 Å². The highest BCUT2D eigenvalue weighted by Gasteiger charge is 2.21. The van der Waals surface area contributed by atoms with Crippen LogP contribution in [0.25, 0.3) is 0 Å². The van der Waals surface area contributed by atoms with Gasteiger partial charge in [-0.1, -0.05) is 0 Å². The SMILES string of the molecule is COc1cc2c(cc1OC)CN(c1cc(NCCN3CCOCC3)ncn1)CC2. The zero-order valence-corrected chi connectivity index (χ0v) is 17.2. The summed E-state index contributed by atoms with van der Waals surface area (Å²) in [4.78, 5) is 13.6. The fraction of sp³-hybridized carbons (Fsp3) is 0.524. The molecule has 2 aliphatic heterocycles. The Bertz CT molecular complexity index is 826. The Kier molecular flexibility index (Phi) is 6.31. The Hall–Kier alpha value is -2.58. The monoisotopic (exact) mass is 399 g/mol. The fourth-order valence-electron chi connectivity index (χ4n) is 3.86. The second-order valence-corrected chi connectivity index (χ2v) is 7.29. The van der Waals surface area contributed by atoms with Crippen LogP contribution in [-0.4, -0.2) is 75.0 Å². The molecule has 0 amide bonds. The van der Waals surface area contributed by atoms with Gasteiger partial charge in [-0.15, -0.1) is 0 Å². The molecule has 3 heterocycles. The van der Waals surface area contributed by atoms with Gasteiger partial charge in [0.1, 0.15) is 18.0 Å². The van der Waals surface area contributed by atoms with Crippen molar-refractivity contribution < 1.29 is 14.2 Å². The van der Waals surface area contributed by atoms with Crippen LogP contribution >= 0.6 is 0 Å². The topological polar surface area (TPSA) is 72.0 Å². The first-order valence-electron chi connectivity index (χ1n) is 10.1. The number of benzene rings is 1. The summed E-state index contributed by atoms with van der Waals surface area (Å²) in [5.74, 6) is 3.35. The van der Waals surface area contributed by atoms with E-state index in [1.54, 1.807) is 20.5 Å². The Labute approximate surface area is 171 Å². The van der Waals surface area contributed by atoms with Crippen molar-refractivity contribution in [3.05, 3.63) is 35.7 Å². The van der Waals surface area contributed by atoms with Crippen molar-refractivity contribution in [3.8, 4) is 11.5 Å². The van der Waals surface area contributed by atoms with Gasteiger partial charge < -0.3 is 24.4 Å². The van der Waals surface area contributed by atoms with Crippen LogP contribution in [0.4, 0.5) is 11.6 Å². The van der Waals surface area contributed by atoms with Crippen LogP contribution in [0.15, 0.2) is 24.5 Å². The molecule has 0 saturated carbocycles. The van der Waals surface area contributed by atoms with Crippen molar-refractivity contribution in [1.29, 1.82) is 0 Å². The number of hydrogen-bond acceptors (Lipinski definition) is 8. The predicted molar refractivity (Wildman–Crippen MR) is 112 cm³/mol. The maximum atomic E-state index is 5.47. The van der Waals surface area contributed by atoms with E-state index in [4.69, 9.17) is 14.2 Å². The predicted octanol–water partition coefficient (Wildman–Crippen LogP) is 1.80. The van der Waals surface area contributed by atoms with E-state index in [0.717, 1.165) is 82.0 Å². The minimum absolute atomic E-state index is 0.765. The molecule has 1 aromatic heterocycles. The lowest BCUT2D eigenvalue weighted by atomic mass is 9.99. The first-order chi connectivity index (χ1) is 14.3. The van der Waals surface area contributed by atoms with Crippen molar-refractivity contribution >= 4 is 11.6 Å². The molecular formula is C21H29N5O3. The van der Waals surface area contributed by atoms with E-state index in [-0.39, 0.29) is 0 Å².